The molecule has 0 radical (unpaired) electrons. The van der Waals surface area contributed by atoms with Crippen molar-refractivity contribution < 1.29 is 4.79 Å². The number of hydrogen-bond donors (Lipinski definition) is 0. The number of carbonyl (C=O) groups is 1. The first kappa shape index (κ1) is 9.64. The van der Waals surface area contributed by atoms with Crippen molar-refractivity contribution in [3.8, 4) is 0 Å². The molecule has 2 rings (SSSR count). The third kappa shape index (κ3) is 1.96. The van der Waals surface area contributed by atoms with E-state index < -0.39 is 0 Å². The lowest BCUT2D eigenvalue weighted by molar-refractivity contribution is 0.0985. The zero-order chi connectivity index (χ0) is 10.8. The average Bonchev–Trinajstić information content (AvgIpc) is 2.77. The van der Waals surface area contributed by atoms with E-state index in [1.807, 2.05) is 24.9 Å². The number of aryl methyl sites for hydroxylation is 2. The Kier molecular flexibility index (Phi) is 2.37. The quantitative estimate of drug-likeness (QED) is 0.687. The zero-order valence-corrected chi connectivity index (χ0v) is 8.71. The standard InChI is InChI=1S/C10H12N4O/c1-13-6-8(12-7-13)9(15)5-10-11-3-4-14(10)2/h3-4,6-7H,5H2,1-2H3. The molecule has 5 heteroatoms. The maximum Gasteiger partial charge on any atom is 0.190 e. The normalized spacial score (nSPS) is 10.5. The van der Waals surface area contributed by atoms with Gasteiger partial charge in [-0.3, -0.25) is 4.79 Å². The summed E-state index contributed by atoms with van der Waals surface area (Å²) in [4.78, 5) is 19.8. The van der Waals surface area contributed by atoms with Crippen LogP contribution in [0.4, 0.5) is 0 Å². The fraction of sp³-hybridized carbons (Fsp3) is 0.300. The van der Waals surface area contributed by atoms with Crippen molar-refractivity contribution in [3.63, 3.8) is 0 Å². The smallest absolute Gasteiger partial charge is 0.190 e. The Morgan fingerprint density at radius 3 is 2.73 bits per heavy atom. The van der Waals surface area contributed by atoms with E-state index in [1.165, 1.54) is 0 Å². The minimum absolute atomic E-state index is 0.00935. The Morgan fingerprint density at radius 2 is 2.20 bits per heavy atom. The van der Waals surface area contributed by atoms with E-state index in [4.69, 9.17) is 0 Å². The molecule has 0 unspecified atom stereocenters. The topological polar surface area (TPSA) is 52.7 Å². The number of imidazole rings is 2. The largest absolute Gasteiger partial charge is 0.340 e. The van der Waals surface area contributed by atoms with Gasteiger partial charge in [-0.2, -0.15) is 0 Å². The van der Waals surface area contributed by atoms with Gasteiger partial charge in [0.2, 0.25) is 0 Å². The van der Waals surface area contributed by atoms with E-state index in [-0.39, 0.29) is 5.78 Å². The van der Waals surface area contributed by atoms with Crippen LogP contribution in [0.2, 0.25) is 0 Å². The molecule has 0 saturated heterocycles. The Morgan fingerprint density at radius 1 is 1.40 bits per heavy atom. The van der Waals surface area contributed by atoms with E-state index in [2.05, 4.69) is 9.97 Å². The molecule has 0 fully saturated rings. The Hall–Kier alpha value is -1.91. The van der Waals surface area contributed by atoms with Crippen LogP contribution >= 0.6 is 0 Å². The van der Waals surface area contributed by atoms with Crippen molar-refractivity contribution in [2.75, 3.05) is 0 Å². The molecule has 2 heterocycles. The Balaban J connectivity index is 2.14. The van der Waals surface area contributed by atoms with Gasteiger partial charge in [-0.1, -0.05) is 0 Å². The van der Waals surface area contributed by atoms with Gasteiger partial charge in [0.15, 0.2) is 5.78 Å². The third-order valence-electron chi connectivity index (χ3n) is 2.23. The highest BCUT2D eigenvalue weighted by molar-refractivity contribution is 5.95. The molecule has 0 saturated carbocycles. The van der Waals surface area contributed by atoms with Crippen molar-refractivity contribution in [1.82, 2.24) is 19.1 Å². The van der Waals surface area contributed by atoms with Crippen LogP contribution in [0, 0.1) is 0 Å². The van der Waals surface area contributed by atoms with Gasteiger partial charge in [0.25, 0.3) is 0 Å². The molecule has 0 amide bonds. The zero-order valence-electron chi connectivity index (χ0n) is 8.71. The molecule has 0 bridgehead atoms. The second-order valence-electron chi connectivity index (χ2n) is 3.48. The third-order valence-corrected chi connectivity index (χ3v) is 2.23. The molecule has 2 aromatic heterocycles. The molecule has 0 aliphatic carbocycles. The molecular weight excluding hydrogens is 192 g/mol. The van der Waals surface area contributed by atoms with E-state index in [1.54, 1.807) is 23.3 Å². The number of Topliss-reactive ketones (excluding diaryl/α,β-unsaturated/α-hetero) is 1. The first-order valence-corrected chi connectivity index (χ1v) is 4.64. The summed E-state index contributed by atoms with van der Waals surface area (Å²) in [5.74, 6) is 0.746. The van der Waals surface area contributed by atoms with Crippen LogP contribution in [0.25, 0.3) is 0 Å². The maximum atomic E-state index is 11.7. The minimum atomic E-state index is -0.00935. The second-order valence-corrected chi connectivity index (χ2v) is 3.48. The Bertz CT molecular complexity index is 483. The van der Waals surface area contributed by atoms with Crippen molar-refractivity contribution in [3.05, 3.63) is 36.4 Å². The molecule has 0 aromatic carbocycles. The highest BCUT2D eigenvalue weighted by atomic mass is 16.1. The lowest BCUT2D eigenvalue weighted by Crippen LogP contribution is -2.08. The maximum absolute atomic E-state index is 11.7. The van der Waals surface area contributed by atoms with Crippen molar-refractivity contribution in [2.24, 2.45) is 14.1 Å². The number of ketones is 1. The van der Waals surface area contributed by atoms with Crippen molar-refractivity contribution in [2.45, 2.75) is 6.42 Å². The molecule has 0 atom stereocenters. The van der Waals surface area contributed by atoms with Gasteiger partial charge in [0.1, 0.15) is 11.5 Å². The molecule has 15 heavy (non-hydrogen) atoms. The summed E-state index contributed by atoms with van der Waals surface area (Å²) in [7, 11) is 3.71. The highest BCUT2D eigenvalue weighted by Gasteiger charge is 2.12. The number of carbonyl (C=O) groups excluding carboxylic acids is 1. The summed E-state index contributed by atoms with van der Waals surface area (Å²) in [5.41, 5.74) is 0.487. The van der Waals surface area contributed by atoms with Crippen molar-refractivity contribution in [1.29, 1.82) is 0 Å². The van der Waals surface area contributed by atoms with Crippen LogP contribution in [0.3, 0.4) is 0 Å². The predicted octanol–water partition coefficient (Wildman–Crippen LogP) is 0.579. The molecule has 5 nitrogen and oxygen atoms in total. The van der Waals surface area contributed by atoms with Crippen LogP contribution in [0.15, 0.2) is 24.9 Å². The van der Waals surface area contributed by atoms with E-state index in [9.17, 15) is 4.79 Å². The minimum Gasteiger partial charge on any atom is -0.340 e. The van der Waals surface area contributed by atoms with E-state index >= 15 is 0 Å². The second kappa shape index (κ2) is 3.68. The van der Waals surface area contributed by atoms with Crippen LogP contribution in [0.5, 0.6) is 0 Å². The van der Waals surface area contributed by atoms with Gasteiger partial charge < -0.3 is 9.13 Å². The number of nitrogens with zero attached hydrogens (tertiary/aromatic N) is 4. The molecule has 0 spiro atoms. The number of aromatic nitrogens is 4. The van der Waals surface area contributed by atoms with Crippen LogP contribution < -0.4 is 0 Å². The number of rotatable bonds is 3. The molecular formula is C10H12N4O. The fourth-order valence-electron chi connectivity index (χ4n) is 1.36. The van der Waals surface area contributed by atoms with Crippen LogP contribution in [0.1, 0.15) is 16.3 Å². The van der Waals surface area contributed by atoms with Gasteiger partial charge in [-0.15, -0.1) is 0 Å². The van der Waals surface area contributed by atoms with E-state index in [0.717, 1.165) is 5.82 Å². The summed E-state index contributed by atoms with van der Waals surface area (Å²) in [6, 6.07) is 0. The lowest BCUT2D eigenvalue weighted by atomic mass is 10.2. The van der Waals surface area contributed by atoms with Gasteiger partial charge in [-0.05, 0) is 0 Å². The summed E-state index contributed by atoms with van der Waals surface area (Å²) in [6.45, 7) is 0. The SMILES string of the molecule is Cn1cnc(C(=O)Cc2nccn2C)c1. The lowest BCUT2D eigenvalue weighted by Gasteiger charge is -1.98. The molecule has 0 aliphatic heterocycles. The average molecular weight is 204 g/mol. The van der Waals surface area contributed by atoms with Gasteiger partial charge in [0, 0.05) is 32.7 Å². The first-order valence-electron chi connectivity index (χ1n) is 4.64. The predicted molar refractivity (Wildman–Crippen MR) is 54.5 cm³/mol. The van der Waals surface area contributed by atoms with Gasteiger partial charge in [-0.25, -0.2) is 9.97 Å². The monoisotopic (exact) mass is 204 g/mol. The molecule has 0 N–H and O–H groups in total. The Labute approximate surface area is 87.4 Å². The first-order chi connectivity index (χ1) is 7.16. The fourth-order valence-corrected chi connectivity index (χ4v) is 1.36. The summed E-state index contributed by atoms with van der Waals surface area (Å²) in [5, 5.41) is 0. The highest BCUT2D eigenvalue weighted by Crippen LogP contribution is 2.03. The van der Waals surface area contributed by atoms with Crippen molar-refractivity contribution >= 4 is 5.78 Å². The molecule has 2 aromatic rings. The summed E-state index contributed by atoms with van der Waals surface area (Å²) in [6.07, 6.45) is 7.12. The van der Waals surface area contributed by atoms with Gasteiger partial charge in [0.05, 0.1) is 12.7 Å². The van der Waals surface area contributed by atoms with Crippen LogP contribution in [-0.2, 0) is 20.5 Å². The summed E-state index contributed by atoms with van der Waals surface area (Å²) >= 11 is 0. The van der Waals surface area contributed by atoms with Gasteiger partial charge >= 0.3 is 0 Å². The van der Waals surface area contributed by atoms with Crippen LogP contribution in [-0.4, -0.2) is 24.9 Å². The number of hydrogen-bond acceptors (Lipinski definition) is 3. The molecule has 78 valence electrons. The van der Waals surface area contributed by atoms with E-state index in [0.29, 0.717) is 12.1 Å². The molecule has 0 aliphatic rings. The summed E-state index contributed by atoms with van der Waals surface area (Å²) < 4.78 is 3.59.